The van der Waals surface area contributed by atoms with E-state index in [0.717, 1.165) is 0 Å². The molecule has 2 aromatic rings. The number of aliphatic carboxylic acids is 1. The van der Waals surface area contributed by atoms with Crippen LogP contribution in [0.4, 0.5) is 0 Å². The van der Waals surface area contributed by atoms with Crippen LogP contribution in [-0.2, 0) is 28.8 Å². The monoisotopic (exact) mass is 676 g/mol. The maximum Gasteiger partial charge on any atom is 0.352 e. The summed E-state index contributed by atoms with van der Waals surface area (Å²) in [6.07, 6.45) is 0. The van der Waals surface area contributed by atoms with Crippen LogP contribution in [0.25, 0.3) is 0 Å². The standard InChI is InChI=1S/C32H32N6O7S2/c1-15-13-46-30-21(35-25(39)19(33)17-9-5-3-6-10-17)28(42)37(30)23(15)27(41)34-20(18-11-7-4-8-12-18)26(40)36-22-29(43)38-24(32(44)45)16(2)14-47-31(22)38/h3-12,19-22,30-31H,13-14,33H2,1-2H3,(H,34,41)(H,35,39)(H,36,40)(H,44,45)/t19-,20-,21-,22+,30+,31-/m1/s1. The molecule has 0 aliphatic carbocycles. The first-order valence-electron chi connectivity index (χ1n) is 14.8. The van der Waals surface area contributed by atoms with Crippen LogP contribution in [0.15, 0.2) is 83.2 Å². The van der Waals surface area contributed by atoms with Crippen molar-refractivity contribution < 1.29 is 33.9 Å². The predicted octanol–water partition coefficient (Wildman–Crippen LogP) is 0.976. The fourth-order valence-corrected chi connectivity index (χ4v) is 8.59. The lowest BCUT2D eigenvalue weighted by Gasteiger charge is -2.50. The molecule has 0 unspecified atom stereocenters. The highest BCUT2D eigenvalue weighted by atomic mass is 32.2. The summed E-state index contributed by atoms with van der Waals surface area (Å²) in [4.78, 5) is 81.2. The smallest absolute Gasteiger partial charge is 0.352 e. The number of carbonyl (C=O) groups is 6. The lowest BCUT2D eigenvalue weighted by atomic mass is 9.99. The number of hydrogen-bond acceptors (Lipinski definition) is 9. The summed E-state index contributed by atoms with van der Waals surface area (Å²) in [5, 5.41) is 16.7. The number of rotatable bonds is 9. The first-order valence-corrected chi connectivity index (χ1v) is 16.9. The second-order valence-corrected chi connectivity index (χ2v) is 13.8. The van der Waals surface area contributed by atoms with E-state index in [-0.39, 0.29) is 11.4 Å². The minimum absolute atomic E-state index is 0.0833. The number of carboxylic acids is 1. The number of thioether (sulfide) groups is 2. The number of carboxylic acid groups (broad SMARTS) is 1. The summed E-state index contributed by atoms with van der Waals surface area (Å²) in [6, 6.07) is 13.1. The summed E-state index contributed by atoms with van der Waals surface area (Å²) >= 11 is 2.74. The quantitative estimate of drug-likeness (QED) is 0.239. The van der Waals surface area contributed by atoms with Crippen LogP contribution in [0.1, 0.15) is 37.1 Å². The zero-order chi connectivity index (χ0) is 33.6. The number of hydrogen-bond donors (Lipinski definition) is 5. The van der Waals surface area contributed by atoms with E-state index >= 15 is 0 Å². The zero-order valence-electron chi connectivity index (χ0n) is 25.3. The molecule has 0 radical (unpaired) electrons. The minimum Gasteiger partial charge on any atom is -0.477 e. The number of nitrogens with one attached hydrogen (secondary N) is 3. The molecular weight excluding hydrogens is 645 g/mol. The molecule has 4 heterocycles. The van der Waals surface area contributed by atoms with Gasteiger partial charge in [-0.2, -0.15) is 0 Å². The fraction of sp³-hybridized carbons (Fsp3) is 0.312. The maximum atomic E-state index is 13.9. The van der Waals surface area contributed by atoms with Crippen LogP contribution < -0.4 is 21.7 Å². The molecule has 47 heavy (non-hydrogen) atoms. The van der Waals surface area contributed by atoms with Crippen LogP contribution in [-0.4, -0.2) is 84.7 Å². The molecule has 0 aromatic heterocycles. The minimum atomic E-state index is -1.24. The molecule has 6 rings (SSSR count). The van der Waals surface area contributed by atoms with Gasteiger partial charge in [0, 0.05) is 11.5 Å². The van der Waals surface area contributed by atoms with Gasteiger partial charge in [-0.1, -0.05) is 60.7 Å². The summed E-state index contributed by atoms with van der Waals surface area (Å²) in [5.74, 6) is -3.31. The van der Waals surface area contributed by atoms with E-state index in [1.807, 2.05) is 0 Å². The van der Waals surface area contributed by atoms with Crippen molar-refractivity contribution >= 4 is 59.0 Å². The molecule has 5 amide bonds. The number of nitrogens with zero attached hydrogens (tertiary/aromatic N) is 2. The van der Waals surface area contributed by atoms with Gasteiger partial charge >= 0.3 is 5.97 Å². The Labute approximate surface area is 278 Å². The molecule has 244 valence electrons. The van der Waals surface area contributed by atoms with Gasteiger partial charge < -0.3 is 26.8 Å². The normalized spacial score (nSPS) is 24.7. The maximum absolute atomic E-state index is 13.9. The van der Waals surface area contributed by atoms with Crippen molar-refractivity contribution in [1.82, 2.24) is 25.8 Å². The van der Waals surface area contributed by atoms with Crippen molar-refractivity contribution in [3.8, 4) is 0 Å². The van der Waals surface area contributed by atoms with Gasteiger partial charge in [0.2, 0.25) is 11.8 Å². The number of benzene rings is 2. The summed E-state index contributed by atoms with van der Waals surface area (Å²) < 4.78 is 0. The largest absolute Gasteiger partial charge is 0.477 e. The molecule has 2 aromatic carbocycles. The molecule has 0 saturated carbocycles. The summed E-state index contributed by atoms with van der Waals surface area (Å²) in [5.41, 5.74) is 8.34. The van der Waals surface area contributed by atoms with Crippen molar-refractivity contribution in [1.29, 1.82) is 0 Å². The van der Waals surface area contributed by atoms with Gasteiger partial charge in [0.1, 0.15) is 46.3 Å². The highest BCUT2D eigenvalue weighted by molar-refractivity contribution is 8.00. The Balaban J connectivity index is 1.17. The third kappa shape index (κ3) is 5.79. The van der Waals surface area contributed by atoms with Gasteiger partial charge in [-0.05, 0) is 36.1 Å². The van der Waals surface area contributed by atoms with Crippen LogP contribution in [0.2, 0.25) is 0 Å². The Kier molecular flexibility index (Phi) is 8.87. The molecule has 6 N–H and O–H groups in total. The molecular formula is C32H32N6O7S2. The Morgan fingerprint density at radius 3 is 1.77 bits per heavy atom. The van der Waals surface area contributed by atoms with Crippen LogP contribution in [0, 0.1) is 0 Å². The SMILES string of the molecule is CC1=C(C(=O)O)N2C(=O)[C@H](NC(=O)[C@H](NC(=O)C3=C(C)CS[C@H]4[C@H](NC(=O)[C@H](N)c5ccccc5)C(=O)N34)c3ccccc3)[C@H]2SC1. The number of carbonyl (C=O) groups excluding carboxylic acids is 5. The first-order chi connectivity index (χ1) is 22.5. The van der Waals surface area contributed by atoms with Gasteiger partial charge in [-0.3, -0.25) is 33.8 Å². The van der Waals surface area contributed by atoms with E-state index < -0.39 is 70.4 Å². The van der Waals surface area contributed by atoms with Gasteiger partial charge in [0.05, 0.1) is 0 Å². The summed E-state index contributed by atoms with van der Waals surface area (Å²) in [6.45, 7) is 3.37. The van der Waals surface area contributed by atoms with Gasteiger partial charge in [-0.15, -0.1) is 23.5 Å². The van der Waals surface area contributed by atoms with Crippen molar-refractivity contribution in [2.24, 2.45) is 5.73 Å². The molecule has 15 heteroatoms. The molecule has 6 atom stereocenters. The number of amides is 5. The Morgan fingerprint density at radius 1 is 0.766 bits per heavy atom. The number of fused-ring (bicyclic) bond motifs is 2. The Bertz CT molecular complexity index is 1730. The van der Waals surface area contributed by atoms with Crippen LogP contribution >= 0.6 is 23.5 Å². The number of nitrogens with two attached hydrogens (primary N) is 1. The second-order valence-electron chi connectivity index (χ2n) is 11.6. The fourth-order valence-electron chi connectivity index (χ4n) is 6.00. The number of β-lactam (4-membered cyclic amide) rings is 2. The topological polar surface area (TPSA) is 191 Å². The molecule has 2 saturated heterocycles. The molecule has 0 spiro atoms. The van der Waals surface area contributed by atoms with Crippen molar-refractivity contribution in [3.63, 3.8) is 0 Å². The van der Waals surface area contributed by atoms with Crippen molar-refractivity contribution in [2.45, 2.75) is 48.8 Å². The highest BCUT2D eigenvalue weighted by Crippen LogP contribution is 2.42. The molecule has 2 fully saturated rings. The van der Waals surface area contributed by atoms with E-state index in [1.54, 1.807) is 74.5 Å². The zero-order valence-corrected chi connectivity index (χ0v) is 27.0. The van der Waals surface area contributed by atoms with Crippen LogP contribution in [0.5, 0.6) is 0 Å². The third-order valence-electron chi connectivity index (χ3n) is 8.44. The van der Waals surface area contributed by atoms with E-state index in [2.05, 4.69) is 16.0 Å². The lowest BCUT2D eigenvalue weighted by molar-refractivity contribution is -0.151. The Morgan fingerprint density at radius 2 is 1.23 bits per heavy atom. The predicted molar refractivity (Wildman–Crippen MR) is 174 cm³/mol. The van der Waals surface area contributed by atoms with E-state index in [9.17, 15) is 33.9 Å². The van der Waals surface area contributed by atoms with Crippen molar-refractivity contribution in [2.75, 3.05) is 11.5 Å². The average Bonchev–Trinajstić information content (AvgIpc) is 3.08. The molecule has 0 bridgehead atoms. The van der Waals surface area contributed by atoms with Gasteiger partial charge in [0.15, 0.2) is 0 Å². The van der Waals surface area contributed by atoms with E-state index in [4.69, 9.17) is 5.73 Å². The Hall–Kier alpha value is -4.60. The van der Waals surface area contributed by atoms with Crippen LogP contribution in [0.3, 0.4) is 0 Å². The molecule has 4 aliphatic rings. The lowest BCUT2D eigenvalue weighted by Crippen LogP contribution is -2.72. The third-order valence-corrected chi connectivity index (χ3v) is 11.3. The first kappa shape index (κ1) is 32.3. The highest BCUT2D eigenvalue weighted by Gasteiger charge is 2.55. The van der Waals surface area contributed by atoms with E-state index in [1.165, 1.54) is 33.3 Å². The van der Waals surface area contributed by atoms with Gasteiger partial charge in [0.25, 0.3) is 17.7 Å². The summed E-state index contributed by atoms with van der Waals surface area (Å²) in [7, 11) is 0. The molecule has 13 nitrogen and oxygen atoms in total. The molecule has 4 aliphatic heterocycles. The average molecular weight is 677 g/mol. The second kappa shape index (κ2) is 12.9. The van der Waals surface area contributed by atoms with Crippen molar-refractivity contribution in [3.05, 3.63) is 94.3 Å². The van der Waals surface area contributed by atoms with Gasteiger partial charge in [-0.25, -0.2) is 4.79 Å². The van der Waals surface area contributed by atoms with E-state index in [0.29, 0.717) is 33.8 Å².